The third kappa shape index (κ3) is 5.97. The summed E-state index contributed by atoms with van der Waals surface area (Å²) in [6, 6.07) is 21.2. The summed E-state index contributed by atoms with van der Waals surface area (Å²) >= 11 is 0. The number of nitrogens with one attached hydrogen (secondary N) is 3. The van der Waals surface area contributed by atoms with Gasteiger partial charge in [0.2, 0.25) is 5.91 Å². The lowest BCUT2D eigenvalue weighted by atomic mass is 10.0. The Morgan fingerprint density at radius 3 is 2.31 bits per heavy atom. The SMILES string of the molecule is CCOc1ccccc1OCC(=O)NNC(=O)CCc1c(-c2ccccc2)[nH]c2ccc(F)cc12. The highest BCUT2D eigenvalue weighted by molar-refractivity contribution is 5.91. The molecule has 0 atom stereocenters. The minimum absolute atomic E-state index is 0.0949. The van der Waals surface area contributed by atoms with Crippen LogP contribution in [0.5, 0.6) is 11.5 Å². The Balaban J connectivity index is 1.35. The minimum Gasteiger partial charge on any atom is -0.490 e. The number of aromatic nitrogens is 1. The van der Waals surface area contributed by atoms with Gasteiger partial charge in [-0.05, 0) is 54.8 Å². The average molecular weight is 476 g/mol. The molecule has 2 amide bonds. The third-order valence-corrected chi connectivity index (χ3v) is 5.38. The number of hydrazine groups is 1. The smallest absolute Gasteiger partial charge is 0.276 e. The number of halogens is 1. The molecule has 3 N–H and O–H groups in total. The molecule has 0 aliphatic carbocycles. The Kier molecular flexibility index (Phi) is 7.62. The highest BCUT2D eigenvalue weighted by atomic mass is 19.1. The number of hydrogen-bond donors (Lipinski definition) is 3. The van der Waals surface area contributed by atoms with Gasteiger partial charge in [-0.1, -0.05) is 42.5 Å². The van der Waals surface area contributed by atoms with E-state index in [0.717, 1.165) is 27.7 Å². The lowest BCUT2D eigenvalue weighted by molar-refractivity contribution is -0.130. The number of rotatable bonds is 9. The Labute approximate surface area is 202 Å². The quantitative estimate of drug-likeness (QED) is 0.310. The zero-order chi connectivity index (χ0) is 24.6. The lowest BCUT2D eigenvalue weighted by Crippen LogP contribution is -2.43. The van der Waals surface area contributed by atoms with Gasteiger partial charge in [-0.3, -0.25) is 20.4 Å². The van der Waals surface area contributed by atoms with Crippen molar-refractivity contribution in [3.05, 3.63) is 84.2 Å². The molecule has 35 heavy (non-hydrogen) atoms. The molecule has 4 rings (SSSR count). The van der Waals surface area contributed by atoms with Gasteiger partial charge < -0.3 is 14.5 Å². The first-order valence-corrected chi connectivity index (χ1v) is 11.3. The van der Waals surface area contributed by atoms with Crippen LogP contribution < -0.4 is 20.3 Å². The second-order valence-electron chi connectivity index (χ2n) is 7.80. The van der Waals surface area contributed by atoms with Crippen molar-refractivity contribution >= 4 is 22.7 Å². The van der Waals surface area contributed by atoms with Crippen LogP contribution in [0.3, 0.4) is 0 Å². The van der Waals surface area contributed by atoms with Gasteiger partial charge in [0.25, 0.3) is 5.91 Å². The number of benzene rings is 3. The maximum Gasteiger partial charge on any atom is 0.276 e. The monoisotopic (exact) mass is 475 g/mol. The first kappa shape index (κ1) is 23.8. The van der Waals surface area contributed by atoms with Crippen molar-refractivity contribution in [2.24, 2.45) is 0 Å². The van der Waals surface area contributed by atoms with E-state index < -0.39 is 5.91 Å². The minimum atomic E-state index is -0.510. The molecule has 0 aliphatic rings. The van der Waals surface area contributed by atoms with Crippen molar-refractivity contribution < 1.29 is 23.5 Å². The Morgan fingerprint density at radius 1 is 0.886 bits per heavy atom. The number of ether oxygens (including phenoxy) is 2. The molecule has 1 aromatic heterocycles. The largest absolute Gasteiger partial charge is 0.490 e. The highest BCUT2D eigenvalue weighted by Crippen LogP contribution is 2.32. The van der Waals surface area contributed by atoms with Gasteiger partial charge in [0.05, 0.1) is 6.61 Å². The first-order chi connectivity index (χ1) is 17.0. The van der Waals surface area contributed by atoms with Crippen LogP contribution in [-0.4, -0.2) is 30.0 Å². The molecular formula is C27H26FN3O4. The Morgan fingerprint density at radius 2 is 1.57 bits per heavy atom. The standard InChI is InChI=1S/C27H26FN3O4/c1-2-34-23-10-6-7-11-24(23)35-17-26(33)31-30-25(32)15-13-20-21-16-19(28)12-14-22(21)29-27(20)18-8-4-3-5-9-18/h3-12,14,16,29H,2,13,15,17H2,1H3,(H,30,32)(H,31,33). The van der Waals surface area contributed by atoms with Crippen LogP contribution in [-0.2, 0) is 16.0 Å². The molecule has 1 heterocycles. The first-order valence-electron chi connectivity index (χ1n) is 11.3. The van der Waals surface area contributed by atoms with Crippen molar-refractivity contribution in [3.63, 3.8) is 0 Å². The summed E-state index contributed by atoms with van der Waals surface area (Å²) in [5.41, 5.74) is 8.17. The summed E-state index contributed by atoms with van der Waals surface area (Å²) in [5, 5.41) is 0.724. The van der Waals surface area contributed by atoms with E-state index in [1.807, 2.05) is 43.3 Å². The number of para-hydroxylation sites is 2. The van der Waals surface area contributed by atoms with Crippen LogP contribution in [0, 0.1) is 5.82 Å². The van der Waals surface area contributed by atoms with Crippen LogP contribution >= 0.6 is 0 Å². The van der Waals surface area contributed by atoms with E-state index in [0.29, 0.717) is 24.5 Å². The molecule has 0 fully saturated rings. The molecular weight excluding hydrogens is 449 g/mol. The van der Waals surface area contributed by atoms with Crippen LogP contribution in [0.1, 0.15) is 18.9 Å². The topological polar surface area (TPSA) is 92.4 Å². The number of hydrogen-bond acceptors (Lipinski definition) is 4. The van der Waals surface area contributed by atoms with E-state index in [9.17, 15) is 14.0 Å². The summed E-state index contributed by atoms with van der Waals surface area (Å²) < 4.78 is 24.9. The fraction of sp³-hybridized carbons (Fsp3) is 0.185. The number of aryl methyl sites for hydroxylation is 1. The van der Waals surface area contributed by atoms with Gasteiger partial charge in [-0.2, -0.15) is 0 Å². The Hall–Kier alpha value is -4.33. The molecule has 7 nitrogen and oxygen atoms in total. The number of fused-ring (bicyclic) bond motifs is 1. The maximum atomic E-state index is 13.9. The summed E-state index contributed by atoms with van der Waals surface area (Å²) in [6.07, 6.45) is 0.450. The van der Waals surface area contributed by atoms with Gasteiger partial charge >= 0.3 is 0 Å². The van der Waals surface area contributed by atoms with Crippen molar-refractivity contribution in [2.45, 2.75) is 19.8 Å². The lowest BCUT2D eigenvalue weighted by Gasteiger charge is -2.12. The predicted molar refractivity (Wildman–Crippen MR) is 131 cm³/mol. The number of aromatic amines is 1. The van der Waals surface area contributed by atoms with Crippen LogP contribution in [0.2, 0.25) is 0 Å². The molecule has 8 heteroatoms. The van der Waals surface area contributed by atoms with Crippen molar-refractivity contribution in [1.82, 2.24) is 15.8 Å². The fourth-order valence-electron chi connectivity index (χ4n) is 3.79. The van der Waals surface area contributed by atoms with Crippen molar-refractivity contribution in [1.29, 1.82) is 0 Å². The van der Waals surface area contributed by atoms with E-state index in [2.05, 4.69) is 15.8 Å². The van der Waals surface area contributed by atoms with Crippen molar-refractivity contribution in [2.75, 3.05) is 13.2 Å². The number of carbonyl (C=O) groups excluding carboxylic acids is 2. The molecule has 0 spiro atoms. The number of H-pyrrole nitrogens is 1. The van der Waals surface area contributed by atoms with Gasteiger partial charge in [0.1, 0.15) is 5.82 Å². The van der Waals surface area contributed by atoms with E-state index in [1.165, 1.54) is 12.1 Å². The molecule has 0 saturated heterocycles. The van der Waals surface area contributed by atoms with Crippen molar-refractivity contribution in [3.8, 4) is 22.8 Å². The van der Waals surface area contributed by atoms with E-state index in [-0.39, 0.29) is 24.8 Å². The third-order valence-electron chi connectivity index (χ3n) is 5.38. The van der Waals surface area contributed by atoms with Crippen LogP contribution in [0.4, 0.5) is 4.39 Å². The summed E-state index contributed by atoms with van der Waals surface area (Å²) in [6.45, 7) is 2.04. The van der Waals surface area contributed by atoms with Crippen LogP contribution in [0.25, 0.3) is 22.2 Å². The summed E-state index contributed by atoms with van der Waals surface area (Å²) in [4.78, 5) is 27.9. The molecule has 0 aliphatic heterocycles. The van der Waals surface area contributed by atoms with E-state index in [4.69, 9.17) is 9.47 Å². The normalized spacial score (nSPS) is 10.7. The molecule has 0 bridgehead atoms. The maximum absolute atomic E-state index is 13.9. The molecule has 0 unspecified atom stereocenters. The van der Waals surface area contributed by atoms with Gasteiger partial charge in [0, 0.05) is 23.0 Å². The molecule has 180 valence electrons. The molecule has 4 aromatic rings. The van der Waals surface area contributed by atoms with Gasteiger partial charge in [0.15, 0.2) is 18.1 Å². The van der Waals surface area contributed by atoms with E-state index >= 15 is 0 Å². The predicted octanol–water partition coefficient (Wildman–Crippen LogP) is 4.53. The highest BCUT2D eigenvalue weighted by Gasteiger charge is 2.16. The molecule has 0 radical (unpaired) electrons. The molecule has 0 saturated carbocycles. The average Bonchev–Trinajstić information content (AvgIpc) is 3.24. The number of amides is 2. The zero-order valence-corrected chi connectivity index (χ0v) is 19.3. The second kappa shape index (κ2) is 11.2. The van der Waals surface area contributed by atoms with Crippen LogP contribution in [0.15, 0.2) is 72.8 Å². The second-order valence-corrected chi connectivity index (χ2v) is 7.80. The zero-order valence-electron chi connectivity index (χ0n) is 19.3. The van der Waals surface area contributed by atoms with Gasteiger partial charge in [-0.25, -0.2) is 4.39 Å². The number of carbonyl (C=O) groups is 2. The fourth-order valence-corrected chi connectivity index (χ4v) is 3.79. The molecule has 3 aromatic carbocycles. The summed E-state index contributed by atoms with van der Waals surface area (Å²) in [7, 11) is 0. The van der Waals surface area contributed by atoms with E-state index in [1.54, 1.807) is 24.3 Å². The Bertz CT molecular complexity index is 1320. The van der Waals surface area contributed by atoms with Gasteiger partial charge in [-0.15, -0.1) is 0 Å². The summed E-state index contributed by atoms with van der Waals surface area (Å²) in [5.74, 6) is -0.256.